The number of aromatic hydroxyl groups is 1. The van der Waals surface area contributed by atoms with Gasteiger partial charge >= 0.3 is 0 Å². The van der Waals surface area contributed by atoms with Crippen LogP contribution in [0.4, 0.5) is 5.82 Å². The van der Waals surface area contributed by atoms with Crippen LogP contribution in [0.25, 0.3) is 0 Å². The normalized spacial score (nSPS) is 12.4. The Morgan fingerprint density at radius 3 is 2.56 bits per heavy atom. The third-order valence-electron chi connectivity index (χ3n) is 3.13. The van der Waals surface area contributed by atoms with Crippen LogP contribution in [-0.2, 0) is 7.05 Å². The number of phenols is 1. The lowest BCUT2D eigenvalue weighted by Crippen LogP contribution is -2.07. The van der Waals surface area contributed by atoms with Crippen LogP contribution in [0.5, 0.6) is 5.75 Å². The molecule has 96 valence electrons. The summed E-state index contributed by atoms with van der Waals surface area (Å²) in [6.07, 6.45) is 0. The van der Waals surface area contributed by atoms with Crippen molar-refractivity contribution < 1.29 is 5.11 Å². The smallest absolute Gasteiger partial charge is 0.148 e. The molecule has 0 bridgehead atoms. The largest absolute Gasteiger partial charge is 0.508 e. The Kier molecular flexibility index (Phi) is 3.28. The molecule has 2 N–H and O–H groups in total. The molecule has 1 unspecified atom stereocenters. The standard InChI is InChI=1S/C14H19N3O/c1-9-5-6-12(13(18)7-9)11(3)15-14-8-10(2)17(4)16-14/h5-8,11,18H,1-4H3,(H,15,16). The quantitative estimate of drug-likeness (QED) is 0.874. The number of benzene rings is 1. The monoisotopic (exact) mass is 245 g/mol. The molecule has 18 heavy (non-hydrogen) atoms. The first-order chi connectivity index (χ1) is 8.47. The van der Waals surface area contributed by atoms with E-state index in [1.54, 1.807) is 6.07 Å². The molecule has 0 fully saturated rings. The highest BCUT2D eigenvalue weighted by Crippen LogP contribution is 2.27. The lowest BCUT2D eigenvalue weighted by Gasteiger charge is -2.15. The van der Waals surface area contributed by atoms with Gasteiger partial charge in [-0.1, -0.05) is 12.1 Å². The van der Waals surface area contributed by atoms with Crippen molar-refractivity contribution >= 4 is 5.82 Å². The summed E-state index contributed by atoms with van der Waals surface area (Å²) in [5.74, 6) is 1.14. The van der Waals surface area contributed by atoms with E-state index in [2.05, 4.69) is 10.4 Å². The first-order valence-corrected chi connectivity index (χ1v) is 6.04. The molecule has 1 atom stereocenters. The highest BCUT2D eigenvalue weighted by atomic mass is 16.3. The Hall–Kier alpha value is -1.97. The van der Waals surface area contributed by atoms with Crippen molar-refractivity contribution in [2.75, 3.05) is 5.32 Å². The van der Waals surface area contributed by atoms with Gasteiger partial charge in [-0.3, -0.25) is 4.68 Å². The van der Waals surface area contributed by atoms with Crippen LogP contribution in [0.1, 0.15) is 29.8 Å². The molecule has 0 aliphatic heterocycles. The van der Waals surface area contributed by atoms with Crippen LogP contribution in [0.15, 0.2) is 24.3 Å². The first kappa shape index (κ1) is 12.5. The summed E-state index contributed by atoms with van der Waals surface area (Å²) in [7, 11) is 1.91. The maximum Gasteiger partial charge on any atom is 0.148 e. The molecule has 1 heterocycles. The van der Waals surface area contributed by atoms with Gasteiger partial charge in [0.15, 0.2) is 0 Å². The fourth-order valence-electron chi connectivity index (χ4n) is 1.95. The van der Waals surface area contributed by atoms with Gasteiger partial charge in [-0.25, -0.2) is 0 Å². The predicted octanol–water partition coefficient (Wildman–Crippen LogP) is 2.92. The SMILES string of the molecule is Cc1ccc(C(C)Nc2cc(C)n(C)n2)c(O)c1. The number of rotatable bonds is 3. The molecule has 1 aromatic heterocycles. The summed E-state index contributed by atoms with van der Waals surface area (Å²) in [5, 5.41) is 17.6. The van der Waals surface area contributed by atoms with E-state index < -0.39 is 0 Å². The zero-order chi connectivity index (χ0) is 13.3. The molecule has 0 saturated heterocycles. The van der Waals surface area contributed by atoms with Gasteiger partial charge in [0.25, 0.3) is 0 Å². The number of aryl methyl sites for hydroxylation is 3. The third kappa shape index (κ3) is 2.47. The van der Waals surface area contributed by atoms with Crippen molar-refractivity contribution in [1.29, 1.82) is 0 Å². The topological polar surface area (TPSA) is 50.1 Å². The number of anilines is 1. The van der Waals surface area contributed by atoms with Crippen LogP contribution >= 0.6 is 0 Å². The Morgan fingerprint density at radius 2 is 2.00 bits per heavy atom. The summed E-state index contributed by atoms with van der Waals surface area (Å²) in [4.78, 5) is 0. The maximum atomic E-state index is 9.93. The maximum absolute atomic E-state index is 9.93. The summed E-state index contributed by atoms with van der Waals surface area (Å²) in [5.41, 5.74) is 3.03. The van der Waals surface area contributed by atoms with Crippen molar-refractivity contribution in [3.63, 3.8) is 0 Å². The van der Waals surface area contributed by atoms with E-state index in [0.29, 0.717) is 5.75 Å². The van der Waals surface area contributed by atoms with Gasteiger partial charge in [-0.05, 0) is 32.4 Å². The van der Waals surface area contributed by atoms with Gasteiger partial charge in [-0.2, -0.15) is 5.10 Å². The van der Waals surface area contributed by atoms with Crippen LogP contribution < -0.4 is 5.32 Å². The van der Waals surface area contributed by atoms with E-state index in [-0.39, 0.29) is 6.04 Å². The van der Waals surface area contributed by atoms with Crippen molar-refractivity contribution in [2.24, 2.45) is 7.05 Å². The highest BCUT2D eigenvalue weighted by molar-refractivity contribution is 5.44. The summed E-state index contributed by atoms with van der Waals surface area (Å²) >= 11 is 0. The molecule has 4 nitrogen and oxygen atoms in total. The number of nitrogens with one attached hydrogen (secondary N) is 1. The molecule has 0 spiro atoms. The van der Waals surface area contributed by atoms with Gasteiger partial charge in [-0.15, -0.1) is 0 Å². The minimum atomic E-state index is 0.0138. The lowest BCUT2D eigenvalue weighted by atomic mass is 10.1. The zero-order valence-corrected chi connectivity index (χ0v) is 11.2. The fourth-order valence-corrected chi connectivity index (χ4v) is 1.95. The average molecular weight is 245 g/mol. The second kappa shape index (κ2) is 4.72. The van der Waals surface area contributed by atoms with Crippen molar-refractivity contribution in [3.8, 4) is 5.75 Å². The number of aromatic nitrogens is 2. The first-order valence-electron chi connectivity index (χ1n) is 6.04. The Morgan fingerprint density at radius 1 is 1.28 bits per heavy atom. The third-order valence-corrected chi connectivity index (χ3v) is 3.13. The summed E-state index contributed by atoms with van der Waals surface area (Å²) < 4.78 is 1.82. The predicted molar refractivity (Wildman–Crippen MR) is 72.8 cm³/mol. The fraction of sp³-hybridized carbons (Fsp3) is 0.357. The molecule has 0 radical (unpaired) electrons. The molecular formula is C14H19N3O. The number of hydrogen-bond acceptors (Lipinski definition) is 3. The van der Waals surface area contributed by atoms with E-state index in [1.165, 1.54) is 0 Å². The van der Waals surface area contributed by atoms with Crippen molar-refractivity contribution in [1.82, 2.24) is 9.78 Å². The van der Waals surface area contributed by atoms with Crippen molar-refractivity contribution in [2.45, 2.75) is 26.8 Å². The molecule has 2 aromatic rings. The Bertz CT molecular complexity index is 541. The number of phenolic OH excluding ortho intramolecular Hbond substituents is 1. The number of hydrogen-bond donors (Lipinski definition) is 2. The van der Waals surface area contributed by atoms with E-state index in [0.717, 1.165) is 22.6 Å². The zero-order valence-electron chi connectivity index (χ0n) is 11.2. The molecule has 0 aliphatic carbocycles. The van der Waals surface area contributed by atoms with Crippen LogP contribution in [0.3, 0.4) is 0 Å². The number of nitrogens with zero attached hydrogens (tertiary/aromatic N) is 2. The highest BCUT2D eigenvalue weighted by Gasteiger charge is 2.11. The molecule has 4 heteroatoms. The Labute approximate surface area is 107 Å². The lowest BCUT2D eigenvalue weighted by molar-refractivity contribution is 0.465. The second-order valence-corrected chi connectivity index (χ2v) is 4.72. The van der Waals surface area contributed by atoms with E-state index >= 15 is 0 Å². The van der Waals surface area contributed by atoms with Crippen LogP contribution in [0.2, 0.25) is 0 Å². The molecular weight excluding hydrogens is 226 g/mol. The van der Waals surface area contributed by atoms with E-state index in [1.807, 2.05) is 50.7 Å². The molecule has 2 rings (SSSR count). The summed E-state index contributed by atoms with van der Waals surface area (Å²) in [6.45, 7) is 5.98. The average Bonchev–Trinajstić information content (AvgIpc) is 2.57. The van der Waals surface area contributed by atoms with Crippen molar-refractivity contribution in [3.05, 3.63) is 41.1 Å². The van der Waals surface area contributed by atoms with Gasteiger partial charge in [0.2, 0.25) is 0 Å². The molecule has 0 saturated carbocycles. The molecule has 0 aliphatic rings. The van der Waals surface area contributed by atoms with Gasteiger partial charge in [0, 0.05) is 24.4 Å². The minimum Gasteiger partial charge on any atom is -0.508 e. The van der Waals surface area contributed by atoms with E-state index in [9.17, 15) is 5.11 Å². The molecule has 0 amide bonds. The van der Waals surface area contributed by atoms with E-state index in [4.69, 9.17) is 0 Å². The molecule has 1 aromatic carbocycles. The van der Waals surface area contributed by atoms with Gasteiger partial charge in [0.05, 0.1) is 6.04 Å². The van der Waals surface area contributed by atoms with Gasteiger partial charge < -0.3 is 10.4 Å². The van der Waals surface area contributed by atoms with Gasteiger partial charge in [0.1, 0.15) is 11.6 Å². The summed E-state index contributed by atoms with van der Waals surface area (Å²) in [6, 6.07) is 7.72. The van der Waals surface area contributed by atoms with Crippen LogP contribution in [0, 0.1) is 13.8 Å². The Balaban J connectivity index is 2.19. The minimum absolute atomic E-state index is 0.0138. The van der Waals surface area contributed by atoms with Crippen LogP contribution in [-0.4, -0.2) is 14.9 Å². The second-order valence-electron chi connectivity index (χ2n) is 4.72.